The number of carbonyl (C=O) groups is 1. The second kappa shape index (κ2) is 7.67. The summed E-state index contributed by atoms with van der Waals surface area (Å²) in [7, 11) is 0. The lowest BCUT2D eigenvalue weighted by atomic mass is 10.1. The van der Waals surface area contributed by atoms with E-state index in [1.807, 2.05) is 0 Å². The zero-order valence-electron chi connectivity index (χ0n) is 14.3. The Labute approximate surface area is 146 Å². The Balaban J connectivity index is 1.68. The Kier molecular flexibility index (Phi) is 5.35. The molecular weight excluding hydrogens is 322 g/mol. The summed E-state index contributed by atoms with van der Waals surface area (Å²) >= 11 is 0. The minimum absolute atomic E-state index is 0.0921. The molecule has 1 aliphatic rings. The molecule has 2 aromatic rings. The van der Waals surface area contributed by atoms with Crippen LogP contribution in [0.4, 0.5) is 0 Å². The van der Waals surface area contributed by atoms with Gasteiger partial charge in [-0.15, -0.1) is 0 Å². The van der Waals surface area contributed by atoms with Gasteiger partial charge in [-0.05, 0) is 25.5 Å². The highest BCUT2D eigenvalue weighted by molar-refractivity contribution is 5.91. The number of amides is 1. The van der Waals surface area contributed by atoms with Gasteiger partial charge < -0.3 is 19.5 Å². The van der Waals surface area contributed by atoms with Gasteiger partial charge in [0.1, 0.15) is 5.75 Å². The van der Waals surface area contributed by atoms with Crippen LogP contribution in [0.5, 0.6) is 5.75 Å². The molecule has 0 unspecified atom stereocenters. The molecule has 0 saturated carbocycles. The summed E-state index contributed by atoms with van der Waals surface area (Å²) in [6.45, 7) is 4.88. The van der Waals surface area contributed by atoms with Crippen molar-refractivity contribution in [1.82, 2.24) is 14.8 Å². The standard InChI is InChI=1S/C18H23N3O4/c1-13-17(23)15(14(12-22)10-19-13)11-20-5-3-6-21(8-7-20)18(24)16-4-2-9-25-16/h2,4,9-10,22-23H,3,5-8,11-12H2,1H3. The van der Waals surface area contributed by atoms with Crippen molar-refractivity contribution in [2.24, 2.45) is 0 Å². The molecule has 1 aliphatic heterocycles. The number of furan rings is 1. The average Bonchev–Trinajstić information content (AvgIpc) is 3.05. The number of pyridine rings is 1. The van der Waals surface area contributed by atoms with E-state index in [4.69, 9.17) is 4.42 Å². The molecule has 3 heterocycles. The van der Waals surface area contributed by atoms with Gasteiger partial charge in [0.2, 0.25) is 0 Å². The number of hydrogen-bond donors (Lipinski definition) is 2. The number of rotatable bonds is 4. The van der Waals surface area contributed by atoms with Crippen molar-refractivity contribution in [1.29, 1.82) is 0 Å². The molecule has 1 amide bonds. The predicted octanol–water partition coefficient (Wildman–Crippen LogP) is 1.53. The summed E-state index contributed by atoms with van der Waals surface area (Å²) in [5.41, 5.74) is 1.90. The molecule has 3 rings (SSSR count). The second-order valence-corrected chi connectivity index (χ2v) is 6.25. The third-order valence-corrected chi connectivity index (χ3v) is 4.59. The largest absolute Gasteiger partial charge is 0.506 e. The van der Waals surface area contributed by atoms with Gasteiger partial charge in [0.25, 0.3) is 5.91 Å². The van der Waals surface area contributed by atoms with Crippen molar-refractivity contribution in [2.75, 3.05) is 26.2 Å². The molecule has 7 heteroatoms. The maximum Gasteiger partial charge on any atom is 0.289 e. The van der Waals surface area contributed by atoms with Gasteiger partial charge >= 0.3 is 0 Å². The highest BCUT2D eigenvalue weighted by atomic mass is 16.3. The monoisotopic (exact) mass is 345 g/mol. The molecule has 1 fully saturated rings. The molecular formula is C18H23N3O4. The first kappa shape index (κ1) is 17.4. The van der Waals surface area contributed by atoms with E-state index in [-0.39, 0.29) is 18.3 Å². The van der Waals surface area contributed by atoms with Gasteiger partial charge in [-0.2, -0.15) is 0 Å². The van der Waals surface area contributed by atoms with Crippen molar-refractivity contribution in [3.05, 3.63) is 47.2 Å². The summed E-state index contributed by atoms with van der Waals surface area (Å²) in [6, 6.07) is 3.39. The number of hydrogen-bond acceptors (Lipinski definition) is 6. The van der Waals surface area contributed by atoms with Gasteiger partial charge in [0, 0.05) is 50.0 Å². The fraction of sp³-hybridized carbons (Fsp3) is 0.444. The van der Waals surface area contributed by atoms with Crippen LogP contribution in [0.25, 0.3) is 0 Å². The highest BCUT2D eigenvalue weighted by Crippen LogP contribution is 2.26. The molecule has 0 bridgehead atoms. The molecule has 2 aromatic heterocycles. The number of aliphatic hydroxyl groups excluding tert-OH is 1. The molecule has 25 heavy (non-hydrogen) atoms. The van der Waals surface area contributed by atoms with Crippen LogP contribution in [0.1, 0.15) is 33.8 Å². The van der Waals surface area contributed by atoms with Crippen LogP contribution >= 0.6 is 0 Å². The fourth-order valence-corrected chi connectivity index (χ4v) is 3.11. The minimum Gasteiger partial charge on any atom is -0.506 e. The number of aliphatic hydroxyl groups is 1. The number of carbonyl (C=O) groups excluding carboxylic acids is 1. The lowest BCUT2D eigenvalue weighted by molar-refractivity contribution is 0.0729. The van der Waals surface area contributed by atoms with Gasteiger partial charge in [-0.3, -0.25) is 14.7 Å². The first-order valence-electron chi connectivity index (χ1n) is 8.42. The topological polar surface area (TPSA) is 90.0 Å². The third kappa shape index (κ3) is 3.83. The Morgan fingerprint density at radius 3 is 2.88 bits per heavy atom. The second-order valence-electron chi connectivity index (χ2n) is 6.25. The maximum absolute atomic E-state index is 12.4. The summed E-state index contributed by atoms with van der Waals surface area (Å²) in [5, 5.41) is 19.8. The lowest BCUT2D eigenvalue weighted by Gasteiger charge is -2.23. The average molecular weight is 345 g/mol. The van der Waals surface area contributed by atoms with Crippen molar-refractivity contribution in [3.63, 3.8) is 0 Å². The van der Waals surface area contributed by atoms with Crippen LogP contribution in [0.2, 0.25) is 0 Å². The van der Waals surface area contributed by atoms with Crippen LogP contribution < -0.4 is 0 Å². The molecule has 1 saturated heterocycles. The molecule has 0 aromatic carbocycles. The van der Waals surface area contributed by atoms with Gasteiger partial charge in [0.15, 0.2) is 5.76 Å². The lowest BCUT2D eigenvalue weighted by Crippen LogP contribution is -2.35. The maximum atomic E-state index is 12.4. The van der Waals surface area contributed by atoms with Crippen molar-refractivity contribution >= 4 is 5.91 Å². The SMILES string of the molecule is Cc1ncc(CO)c(CN2CCCN(C(=O)c3ccco3)CC2)c1O. The quantitative estimate of drug-likeness (QED) is 0.873. The Bertz CT molecular complexity index is 730. The van der Waals surface area contributed by atoms with E-state index in [1.165, 1.54) is 6.26 Å². The molecule has 0 atom stereocenters. The van der Waals surface area contributed by atoms with Crippen LogP contribution in [-0.2, 0) is 13.2 Å². The number of aromatic nitrogens is 1. The first-order valence-corrected chi connectivity index (χ1v) is 8.42. The fourth-order valence-electron chi connectivity index (χ4n) is 3.11. The summed E-state index contributed by atoms with van der Waals surface area (Å²) < 4.78 is 5.20. The van der Waals surface area contributed by atoms with E-state index < -0.39 is 0 Å². The van der Waals surface area contributed by atoms with Gasteiger partial charge in [-0.1, -0.05) is 0 Å². The number of aromatic hydroxyl groups is 1. The Morgan fingerprint density at radius 2 is 2.16 bits per heavy atom. The zero-order chi connectivity index (χ0) is 17.8. The Hall–Kier alpha value is -2.38. The van der Waals surface area contributed by atoms with Crippen LogP contribution in [0, 0.1) is 6.92 Å². The molecule has 134 valence electrons. The van der Waals surface area contributed by atoms with E-state index in [0.29, 0.717) is 48.8 Å². The number of nitrogens with zero attached hydrogens (tertiary/aromatic N) is 3. The Morgan fingerprint density at radius 1 is 1.32 bits per heavy atom. The van der Waals surface area contributed by atoms with Crippen molar-refractivity contribution in [3.8, 4) is 5.75 Å². The van der Waals surface area contributed by atoms with Crippen LogP contribution in [0.15, 0.2) is 29.0 Å². The van der Waals surface area contributed by atoms with E-state index in [2.05, 4.69) is 9.88 Å². The van der Waals surface area contributed by atoms with Crippen LogP contribution in [0.3, 0.4) is 0 Å². The molecule has 0 aliphatic carbocycles. The molecule has 2 N–H and O–H groups in total. The first-order chi connectivity index (χ1) is 12.1. The normalized spacial score (nSPS) is 16.0. The highest BCUT2D eigenvalue weighted by Gasteiger charge is 2.23. The van der Waals surface area contributed by atoms with E-state index in [9.17, 15) is 15.0 Å². The molecule has 0 radical (unpaired) electrons. The predicted molar refractivity (Wildman–Crippen MR) is 91.1 cm³/mol. The zero-order valence-corrected chi connectivity index (χ0v) is 14.3. The van der Waals surface area contributed by atoms with Gasteiger partial charge in [0.05, 0.1) is 18.6 Å². The molecule has 0 spiro atoms. The van der Waals surface area contributed by atoms with E-state index in [1.54, 1.807) is 30.2 Å². The third-order valence-electron chi connectivity index (χ3n) is 4.59. The summed E-state index contributed by atoms with van der Waals surface area (Å²) in [5.74, 6) is 0.406. The van der Waals surface area contributed by atoms with Crippen molar-refractivity contribution in [2.45, 2.75) is 26.5 Å². The number of aryl methyl sites for hydroxylation is 1. The smallest absolute Gasteiger partial charge is 0.289 e. The minimum atomic E-state index is -0.160. The van der Waals surface area contributed by atoms with Gasteiger partial charge in [-0.25, -0.2) is 0 Å². The van der Waals surface area contributed by atoms with Crippen LogP contribution in [-0.4, -0.2) is 57.1 Å². The van der Waals surface area contributed by atoms with E-state index in [0.717, 1.165) is 13.0 Å². The summed E-state index contributed by atoms with van der Waals surface area (Å²) in [6.07, 6.45) is 3.95. The van der Waals surface area contributed by atoms with E-state index >= 15 is 0 Å². The molecule has 7 nitrogen and oxygen atoms in total. The summed E-state index contributed by atoms with van der Waals surface area (Å²) in [4.78, 5) is 20.5. The van der Waals surface area contributed by atoms with Crippen molar-refractivity contribution < 1.29 is 19.4 Å².